The van der Waals surface area contributed by atoms with Crippen molar-refractivity contribution in [2.24, 2.45) is 5.73 Å². The number of hydrogen-bond acceptors (Lipinski definition) is 4. The fourth-order valence-electron chi connectivity index (χ4n) is 2.41. The lowest BCUT2D eigenvalue weighted by atomic mass is 10.3. The van der Waals surface area contributed by atoms with Crippen molar-refractivity contribution in [3.05, 3.63) is 54.6 Å². The average molecular weight is 355 g/mol. The fraction of sp³-hybridized carbons (Fsp3) is 0.118. The van der Waals surface area contributed by atoms with Crippen molar-refractivity contribution in [3.8, 4) is 0 Å². The molecule has 8 heteroatoms. The van der Waals surface area contributed by atoms with Gasteiger partial charge in [-0.1, -0.05) is 41.7 Å². The van der Waals surface area contributed by atoms with E-state index < -0.39 is 12.1 Å². The summed E-state index contributed by atoms with van der Waals surface area (Å²) in [6.45, 7) is 0. The minimum atomic E-state index is -0.750. The highest BCUT2D eigenvalue weighted by atomic mass is 32.1. The standard InChI is InChI=1S/C17H17N5O2S/c1-20(16-19-13-10-6-7-11-14(13)25-16)17(24)21(2)22(15(18)23)12-8-4-3-5-9-12/h3-11H,1-2H3,(H2,18,23). The minimum absolute atomic E-state index is 0.429. The lowest BCUT2D eigenvalue weighted by Crippen LogP contribution is -2.54. The van der Waals surface area contributed by atoms with Crippen molar-refractivity contribution in [2.75, 3.05) is 24.0 Å². The summed E-state index contributed by atoms with van der Waals surface area (Å²) in [6.07, 6.45) is 0. The first kappa shape index (κ1) is 16.7. The summed E-state index contributed by atoms with van der Waals surface area (Å²) >= 11 is 1.40. The Labute approximate surface area is 148 Å². The molecule has 0 aliphatic heterocycles. The minimum Gasteiger partial charge on any atom is -0.350 e. The molecule has 0 spiro atoms. The number of amides is 4. The van der Waals surface area contributed by atoms with Gasteiger partial charge in [-0.25, -0.2) is 19.6 Å². The summed E-state index contributed by atoms with van der Waals surface area (Å²) in [5.74, 6) is 0. The predicted molar refractivity (Wildman–Crippen MR) is 99.7 cm³/mol. The number of rotatable bonds is 2. The molecule has 0 aliphatic carbocycles. The third-order valence-corrected chi connectivity index (χ3v) is 4.76. The van der Waals surface area contributed by atoms with E-state index in [1.165, 1.54) is 28.3 Å². The van der Waals surface area contributed by atoms with Gasteiger partial charge in [0.25, 0.3) is 0 Å². The molecule has 0 unspecified atom stereocenters. The van der Waals surface area contributed by atoms with Gasteiger partial charge < -0.3 is 5.73 Å². The first-order valence-electron chi connectivity index (χ1n) is 7.50. The molecule has 7 nitrogen and oxygen atoms in total. The maximum absolute atomic E-state index is 12.8. The van der Waals surface area contributed by atoms with Crippen LogP contribution in [0, 0.1) is 0 Å². The molecule has 2 aromatic carbocycles. The van der Waals surface area contributed by atoms with E-state index in [9.17, 15) is 9.59 Å². The molecule has 3 rings (SSSR count). The largest absolute Gasteiger partial charge is 0.350 e. The van der Waals surface area contributed by atoms with E-state index in [0.717, 1.165) is 15.2 Å². The van der Waals surface area contributed by atoms with Crippen LogP contribution in [0.3, 0.4) is 0 Å². The summed E-state index contributed by atoms with van der Waals surface area (Å²) in [6, 6.07) is 15.2. The highest BCUT2D eigenvalue weighted by Crippen LogP contribution is 2.28. The number of para-hydroxylation sites is 2. The number of primary amides is 1. The van der Waals surface area contributed by atoms with Crippen LogP contribution in [0.5, 0.6) is 0 Å². The third kappa shape index (κ3) is 3.24. The lowest BCUT2D eigenvalue weighted by Gasteiger charge is -2.32. The van der Waals surface area contributed by atoms with Gasteiger partial charge in [-0.2, -0.15) is 5.01 Å². The van der Waals surface area contributed by atoms with E-state index in [0.29, 0.717) is 10.8 Å². The van der Waals surface area contributed by atoms with Crippen molar-refractivity contribution in [1.29, 1.82) is 0 Å². The molecule has 2 N–H and O–H groups in total. The Bertz CT molecular complexity index is 879. The monoisotopic (exact) mass is 355 g/mol. The molecule has 4 amide bonds. The Morgan fingerprint density at radius 3 is 2.28 bits per heavy atom. The number of thiazole rings is 1. The predicted octanol–water partition coefficient (Wildman–Crippen LogP) is 3.28. The molecule has 25 heavy (non-hydrogen) atoms. The molecule has 0 saturated heterocycles. The van der Waals surface area contributed by atoms with Crippen LogP contribution in [0.2, 0.25) is 0 Å². The number of hydrazine groups is 1. The molecular weight excluding hydrogens is 338 g/mol. The van der Waals surface area contributed by atoms with E-state index in [4.69, 9.17) is 5.73 Å². The van der Waals surface area contributed by atoms with Gasteiger partial charge in [-0.3, -0.25) is 4.90 Å². The van der Waals surface area contributed by atoms with Crippen LogP contribution < -0.4 is 15.6 Å². The smallest absolute Gasteiger partial charge is 0.345 e. The zero-order valence-corrected chi connectivity index (χ0v) is 14.6. The highest BCUT2D eigenvalue weighted by molar-refractivity contribution is 7.22. The van der Waals surface area contributed by atoms with E-state index in [1.807, 2.05) is 30.3 Å². The molecule has 1 aromatic heterocycles. The van der Waals surface area contributed by atoms with Gasteiger partial charge >= 0.3 is 12.1 Å². The SMILES string of the molecule is CN(C(=O)N(C)N(C(N)=O)c1ccccc1)c1nc2ccccc2s1. The number of carbonyl (C=O) groups excluding carboxylic acids is 2. The van der Waals surface area contributed by atoms with Crippen molar-refractivity contribution >= 4 is 44.4 Å². The zero-order valence-electron chi connectivity index (χ0n) is 13.8. The van der Waals surface area contributed by atoms with Crippen LogP contribution in [-0.4, -0.2) is 36.2 Å². The van der Waals surface area contributed by atoms with Crippen molar-refractivity contribution < 1.29 is 9.59 Å². The van der Waals surface area contributed by atoms with Crippen LogP contribution in [0.4, 0.5) is 20.4 Å². The van der Waals surface area contributed by atoms with Crippen molar-refractivity contribution in [3.63, 3.8) is 0 Å². The van der Waals surface area contributed by atoms with Gasteiger partial charge in [0.05, 0.1) is 15.9 Å². The topological polar surface area (TPSA) is 82.8 Å². The number of nitrogens with zero attached hydrogens (tertiary/aromatic N) is 4. The summed E-state index contributed by atoms with van der Waals surface area (Å²) in [4.78, 5) is 30.5. The van der Waals surface area contributed by atoms with Gasteiger partial charge in [0.2, 0.25) is 0 Å². The quantitative estimate of drug-likeness (QED) is 0.716. The summed E-state index contributed by atoms with van der Waals surface area (Å²) in [7, 11) is 3.10. The van der Waals surface area contributed by atoms with Gasteiger partial charge in [0.1, 0.15) is 0 Å². The van der Waals surface area contributed by atoms with E-state index in [2.05, 4.69) is 4.98 Å². The molecule has 0 saturated carbocycles. The number of benzene rings is 2. The average Bonchev–Trinajstić information content (AvgIpc) is 3.05. The number of hydrogen-bond donors (Lipinski definition) is 1. The fourth-order valence-corrected chi connectivity index (χ4v) is 3.33. The second-order valence-electron chi connectivity index (χ2n) is 5.31. The Morgan fingerprint density at radius 2 is 1.64 bits per heavy atom. The molecule has 128 valence electrons. The molecular formula is C17H17N5O2S. The first-order valence-corrected chi connectivity index (χ1v) is 8.32. The molecule has 0 aliphatic rings. The molecule has 0 fully saturated rings. The van der Waals surface area contributed by atoms with Crippen LogP contribution in [0.15, 0.2) is 54.6 Å². The van der Waals surface area contributed by atoms with Crippen molar-refractivity contribution in [1.82, 2.24) is 9.99 Å². The Morgan fingerprint density at radius 1 is 1.00 bits per heavy atom. The van der Waals surface area contributed by atoms with E-state index in [-0.39, 0.29) is 0 Å². The number of fused-ring (bicyclic) bond motifs is 1. The maximum atomic E-state index is 12.8. The molecule has 0 radical (unpaired) electrons. The second kappa shape index (κ2) is 6.78. The summed E-state index contributed by atoms with van der Waals surface area (Å²) in [5.41, 5.74) is 6.79. The second-order valence-corrected chi connectivity index (χ2v) is 6.32. The number of anilines is 2. The van der Waals surface area contributed by atoms with Gasteiger partial charge in [0, 0.05) is 14.1 Å². The maximum Gasteiger partial charge on any atom is 0.345 e. The third-order valence-electron chi connectivity index (χ3n) is 3.64. The highest BCUT2D eigenvalue weighted by Gasteiger charge is 2.27. The van der Waals surface area contributed by atoms with Crippen LogP contribution in [0.25, 0.3) is 10.2 Å². The molecule has 3 aromatic rings. The Balaban J connectivity index is 1.88. The van der Waals surface area contributed by atoms with Gasteiger partial charge in [-0.05, 0) is 24.3 Å². The van der Waals surface area contributed by atoms with E-state index >= 15 is 0 Å². The summed E-state index contributed by atoms with van der Waals surface area (Å²) in [5, 5.41) is 2.83. The van der Waals surface area contributed by atoms with Crippen LogP contribution in [0.1, 0.15) is 0 Å². The van der Waals surface area contributed by atoms with Gasteiger partial charge in [-0.15, -0.1) is 0 Å². The number of nitrogens with two attached hydrogens (primary N) is 1. The van der Waals surface area contributed by atoms with Crippen molar-refractivity contribution in [2.45, 2.75) is 0 Å². The van der Waals surface area contributed by atoms with Crippen LogP contribution in [-0.2, 0) is 0 Å². The number of carbonyl (C=O) groups is 2. The molecule has 0 atom stereocenters. The number of aromatic nitrogens is 1. The summed E-state index contributed by atoms with van der Waals surface area (Å²) < 4.78 is 0.981. The number of urea groups is 2. The normalized spacial score (nSPS) is 10.5. The van der Waals surface area contributed by atoms with Crippen LogP contribution >= 0.6 is 11.3 Å². The molecule has 0 bridgehead atoms. The van der Waals surface area contributed by atoms with Gasteiger partial charge in [0.15, 0.2) is 5.13 Å². The molecule has 1 heterocycles. The zero-order chi connectivity index (χ0) is 18.0. The Hall–Kier alpha value is -3.13. The van der Waals surface area contributed by atoms with E-state index in [1.54, 1.807) is 31.3 Å². The Kier molecular flexibility index (Phi) is 4.53. The first-order chi connectivity index (χ1) is 12.0. The lowest BCUT2D eigenvalue weighted by molar-refractivity contribution is 0.206.